The fraction of sp³-hybridized carbons (Fsp3) is 0.564. The Kier molecular flexibility index (Phi) is 8.36. The van der Waals surface area contributed by atoms with Gasteiger partial charge >= 0.3 is 5.97 Å². The van der Waals surface area contributed by atoms with Gasteiger partial charge in [0.25, 0.3) is 0 Å². The average molecular weight is 677 g/mol. The van der Waals surface area contributed by atoms with Crippen molar-refractivity contribution in [2.75, 3.05) is 0 Å². The molecule has 1 saturated carbocycles. The predicted molar refractivity (Wildman–Crippen MR) is 182 cm³/mol. The van der Waals surface area contributed by atoms with Crippen molar-refractivity contribution in [3.8, 4) is 17.2 Å². The number of phenols is 1. The largest absolute Gasteiger partial charge is 0.506 e. The summed E-state index contributed by atoms with van der Waals surface area (Å²) < 4.78 is 20.5. The molecule has 0 radical (unpaired) electrons. The van der Waals surface area contributed by atoms with E-state index in [-0.39, 0.29) is 59.2 Å². The van der Waals surface area contributed by atoms with Crippen LogP contribution in [0.1, 0.15) is 103 Å². The summed E-state index contributed by atoms with van der Waals surface area (Å²) in [6.07, 6.45) is 8.23. The van der Waals surface area contributed by atoms with E-state index < -0.39 is 58.2 Å². The molecule has 0 aromatic heterocycles. The Hall–Kier alpha value is -3.73. The van der Waals surface area contributed by atoms with Gasteiger partial charge in [0.2, 0.25) is 0 Å². The fourth-order valence-corrected chi connectivity index (χ4v) is 8.34. The van der Waals surface area contributed by atoms with E-state index in [1.165, 1.54) is 6.92 Å². The third-order valence-electron chi connectivity index (χ3n) is 11.3. The van der Waals surface area contributed by atoms with Gasteiger partial charge < -0.3 is 34.6 Å². The van der Waals surface area contributed by atoms with Crippen molar-refractivity contribution in [3.63, 3.8) is 0 Å². The second kappa shape index (κ2) is 11.7. The Morgan fingerprint density at radius 3 is 2.43 bits per heavy atom. The number of rotatable bonds is 9. The van der Waals surface area contributed by atoms with Crippen molar-refractivity contribution < 1.29 is 49.0 Å². The number of carboxylic acids is 1. The predicted octanol–water partition coefficient (Wildman–Crippen LogP) is 5.65. The Labute approximate surface area is 287 Å². The Balaban J connectivity index is 1.54. The number of allylic oxidation sites excluding steroid dienone is 3. The summed E-state index contributed by atoms with van der Waals surface area (Å²) in [6, 6.07) is 0. The number of hydrogen-bond donors (Lipinski definition) is 4. The van der Waals surface area contributed by atoms with Crippen LogP contribution < -0.4 is 9.47 Å². The first-order valence-corrected chi connectivity index (χ1v) is 17.1. The van der Waals surface area contributed by atoms with Gasteiger partial charge in [-0.25, -0.2) is 4.79 Å². The lowest BCUT2D eigenvalue weighted by Gasteiger charge is -2.57. The molecule has 2 aliphatic carbocycles. The molecule has 6 rings (SSSR count). The van der Waals surface area contributed by atoms with Gasteiger partial charge in [0.05, 0.1) is 28.8 Å². The number of aliphatic carboxylic acids is 1. The highest BCUT2D eigenvalue weighted by Gasteiger charge is 2.72. The molecule has 4 N–H and O–H groups in total. The molecule has 2 bridgehead atoms. The van der Waals surface area contributed by atoms with Gasteiger partial charge in [0, 0.05) is 28.5 Å². The molecular formula is C39H48O10. The first kappa shape index (κ1) is 35.1. The zero-order chi connectivity index (χ0) is 36.0. The van der Waals surface area contributed by atoms with E-state index in [1.54, 1.807) is 38.2 Å². The number of carbonyl (C=O) groups excluding carboxylic acids is 2. The van der Waals surface area contributed by atoms with Gasteiger partial charge in [-0.3, -0.25) is 9.59 Å². The summed E-state index contributed by atoms with van der Waals surface area (Å²) >= 11 is 0. The van der Waals surface area contributed by atoms with Crippen LogP contribution in [-0.2, 0) is 20.7 Å². The highest BCUT2D eigenvalue weighted by Crippen LogP contribution is 2.63. The molecule has 1 aromatic carbocycles. The molecule has 2 fully saturated rings. The van der Waals surface area contributed by atoms with Crippen LogP contribution in [0, 0.1) is 17.8 Å². The number of aliphatic hydroxyl groups excluding tert-OH is 1. The van der Waals surface area contributed by atoms with Gasteiger partial charge in [-0.05, 0) is 99.6 Å². The highest BCUT2D eigenvalue weighted by atomic mass is 16.6. The molecule has 7 atom stereocenters. The van der Waals surface area contributed by atoms with Crippen LogP contribution in [0.15, 0.2) is 41.0 Å². The molecule has 5 aliphatic rings. The van der Waals surface area contributed by atoms with Crippen molar-refractivity contribution in [3.05, 3.63) is 57.7 Å². The number of ether oxygens (including phenoxy) is 3. The van der Waals surface area contributed by atoms with Gasteiger partial charge in [0.1, 0.15) is 40.3 Å². The number of ketones is 2. The maximum Gasteiger partial charge on any atom is 0.330 e. The van der Waals surface area contributed by atoms with Crippen molar-refractivity contribution >= 4 is 23.6 Å². The SMILES string of the molecule is CC(C)=CCc1c2c(c(O)c3c1O[C@]14C(=CC5CC([C@H]1C5=O)C(C)(C)OC4C/C=C(/C)C(=O)O)C3=O)C=C[C@](C)(CCC(O)C(C)(C)O)O2. The first-order valence-electron chi connectivity index (χ1n) is 17.1. The molecule has 264 valence electrons. The lowest BCUT2D eigenvalue weighted by molar-refractivity contribution is -0.230. The summed E-state index contributed by atoms with van der Waals surface area (Å²) in [7, 11) is 0. The number of phenolic OH excluding ortho intramolecular Hbond substituents is 1. The molecule has 3 aliphatic heterocycles. The van der Waals surface area contributed by atoms with Crippen LogP contribution in [0.3, 0.4) is 0 Å². The first-order chi connectivity index (χ1) is 22.7. The van der Waals surface area contributed by atoms with E-state index in [9.17, 15) is 34.8 Å². The van der Waals surface area contributed by atoms with Crippen LogP contribution in [-0.4, -0.2) is 72.6 Å². The van der Waals surface area contributed by atoms with E-state index in [4.69, 9.17) is 14.2 Å². The number of fused-ring (bicyclic) bond motifs is 3. The zero-order valence-electron chi connectivity index (χ0n) is 29.5. The third kappa shape index (κ3) is 5.56. The molecule has 1 saturated heterocycles. The van der Waals surface area contributed by atoms with Crippen molar-refractivity contribution in [2.24, 2.45) is 17.8 Å². The lowest BCUT2D eigenvalue weighted by Crippen LogP contribution is -2.69. The summed E-state index contributed by atoms with van der Waals surface area (Å²) in [4.78, 5) is 40.7. The van der Waals surface area contributed by atoms with Gasteiger partial charge in [-0.1, -0.05) is 23.8 Å². The van der Waals surface area contributed by atoms with E-state index in [2.05, 4.69) is 0 Å². The smallest absolute Gasteiger partial charge is 0.330 e. The summed E-state index contributed by atoms with van der Waals surface area (Å²) in [5.74, 6) is -2.93. The van der Waals surface area contributed by atoms with Crippen LogP contribution in [0.2, 0.25) is 0 Å². The van der Waals surface area contributed by atoms with E-state index in [0.29, 0.717) is 29.7 Å². The van der Waals surface area contributed by atoms with Crippen LogP contribution in [0.25, 0.3) is 6.08 Å². The zero-order valence-corrected chi connectivity index (χ0v) is 29.5. The van der Waals surface area contributed by atoms with Gasteiger partial charge in [0.15, 0.2) is 11.4 Å². The normalized spacial score (nSPS) is 31.5. The summed E-state index contributed by atoms with van der Waals surface area (Å²) in [5, 5.41) is 42.4. The summed E-state index contributed by atoms with van der Waals surface area (Å²) in [6.45, 7) is 14.2. The minimum absolute atomic E-state index is 0.00627. The third-order valence-corrected chi connectivity index (χ3v) is 11.3. The van der Waals surface area contributed by atoms with Crippen molar-refractivity contribution in [2.45, 2.75) is 122 Å². The van der Waals surface area contributed by atoms with E-state index in [0.717, 1.165) is 5.57 Å². The molecule has 3 heterocycles. The molecule has 1 aromatic rings. The van der Waals surface area contributed by atoms with Gasteiger partial charge in [-0.2, -0.15) is 0 Å². The number of hydrogen-bond acceptors (Lipinski definition) is 9. The summed E-state index contributed by atoms with van der Waals surface area (Å²) in [5.41, 5.74) is -2.37. The van der Waals surface area contributed by atoms with Crippen molar-refractivity contribution in [1.29, 1.82) is 0 Å². The number of aliphatic hydroxyl groups is 2. The molecule has 0 amide bonds. The maximum atomic E-state index is 14.8. The van der Waals surface area contributed by atoms with Gasteiger partial charge in [-0.15, -0.1) is 0 Å². The van der Waals surface area contributed by atoms with Crippen LogP contribution in [0.5, 0.6) is 17.2 Å². The van der Waals surface area contributed by atoms with E-state index >= 15 is 0 Å². The second-order valence-electron chi connectivity index (χ2n) is 16.0. The highest BCUT2D eigenvalue weighted by molar-refractivity contribution is 6.18. The van der Waals surface area contributed by atoms with Crippen molar-refractivity contribution in [1.82, 2.24) is 0 Å². The lowest BCUT2D eigenvalue weighted by atomic mass is 9.61. The van der Waals surface area contributed by atoms with E-state index in [1.807, 2.05) is 40.7 Å². The molecule has 1 spiro atoms. The monoisotopic (exact) mass is 676 g/mol. The van der Waals surface area contributed by atoms with Crippen LogP contribution in [0.4, 0.5) is 0 Å². The molecule has 10 nitrogen and oxygen atoms in total. The number of aromatic hydroxyl groups is 1. The topological polar surface area (TPSA) is 160 Å². The quantitative estimate of drug-likeness (QED) is 0.190. The molecule has 4 unspecified atom stereocenters. The Morgan fingerprint density at radius 2 is 1.80 bits per heavy atom. The number of Topliss-reactive ketones (excluding diaryl/α,β-unsaturated/α-hetero) is 2. The number of benzene rings is 1. The second-order valence-corrected chi connectivity index (χ2v) is 16.0. The van der Waals surface area contributed by atoms with Crippen LogP contribution >= 0.6 is 0 Å². The molecule has 49 heavy (non-hydrogen) atoms. The minimum atomic E-state index is -1.56. The standard InChI is InChI=1S/C39H48O10/c1-19(2)9-11-23-33-22(13-15-38(8,48-33)16-14-26(40)36(4,5)46)31(42)28-32(43)25-18-21-17-24-29(30(21)41)39(25,49-34(23)28)27(47-37(24,6)7)12-10-20(3)35(44)45/h9-10,13,15,18,21,24,26-27,29,40,42,46H,11-12,14,16-17H2,1-8H3,(H,44,45)/b20-10-/t21?,24?,26?,27?,29-,38+,39-/m0/s1. The molecular weight excluding hydrogens is 628 g/mol. The number of carbonyl (C=O) groups is 3. The minimum Gasteiger partial charge on any atom is -0.506 e. The Bertz CT molecular complexity index is 1750. The molecule has 10 heteroatoms. The number of carboxylic acid groups (broad SMARTS) is 1. The average Bonchev–Trinajstić information content (AvgIpc) is 3.26. The fourth-order valence-electron chi connectivity index (χ4n) is 8.34. The maximum absolute atomic E-state index is 14.8. The Morgan fingerprint density at radius 1 is 1.10 bits per heavy atom.